The summed E-state index contributed by atoms with van der Waals surface area (Å²) in [4.78, 5) is 0. The number of furan rings is 1. The van der Waals surface area contributed by atoms with E-state index >= 15 is 0 Å². The molecule has 0 aliphatic rings. The number of halogens is 2. The van der Waals surface area contributed by atoms with Gasteiger partial charge < -0.3 is 10.2 Å². The lowest BCUT2D eigenvalue weighted by Gasteiger charge is -1.93. The number of anilines is 1. The van der Waals surface area contributed by atoms with Crippen molar-refractivity contribution in [1.82, 2.24) is 0 Å². The Morgan fingerprint density at radius 3 is 2.83 bits per heavy atom. The molecule has 12 heavy (non-hydrogen) atoms. The fraction of sp³-hybridized carbons (Fsp3) is 0. The standard InChI is InChI=1S/C8H5BrClNO/c9-6-3-5(10)1-4-2-7(11)12-8(4)6/h1-3H,11H2. The van der Waals surface area contributed by atoms with Crippen molar-refractivity contribution in [3.8, 4) is 0 Å². The molecule has 62 valence electrons. The smallest absolute Gasteiger partial charge is 0.191 e. The summed E-state index contributed by atoms with van der Waals surface area (Å²) in [5.74, 6) is 0.396. The molecule has 0 aliphatic heterocycles. The third kappa shape index (κ3) is 1.19. The zero-order valence-electron chi connectivity index (χ0n) is 5.97. The first kappa shape index (κ1) is 7.95. The van der Waals surface area contributed by atoms with E-state index < -0.39 is 0 Å². The van der Waals surface area contributed by atoms with E-state index in [0.29, 0.717) is 10.9 Å². The second kappa shape index (κ2) is 2.68. The van der Waals surface area contributed by atoms with Gasteiger partial charge in [0.15, 0.2) is 11.5 Å². The second-order valence-electron chi connectivity index (χ2n) is 2.45. The summed E-state index contributed by atoms with van der Waals surface area (Å²) in [5.41, 5.74) is 6.21. The maximum atomic E-state index is 5.82. The van der Waals surface area contributed by atoms with E-state index in [1.54, 1.807) is 12.1 Å². The van der Waals surface area contributed by atoms with Crippen LogP contribution in [0.3, 0.4) is 0 Å². The van der Waals surface area contributed by atoms with Gasteiger partial charge in [-0.05, 0) is 28.1 Å². The second-order valence-corrected chi connectivity index (χ2v) is 3.75. The molecule has 1 aromatic carbocycles. The normalized spacial score (nSPS) is 10.8. The SMILES string of the molecule is Nc1cc2cc(Cl)cc(Br)c2o1. The van der Waals surface area contributed by atoms with Crippen molar-refractivity contribution in [1.29, 1.82) is 0 Å². The van der Waals surface area contributed by atoms with Crippen molar-refractivity contribution < 1.29 is 4.42 Å². The Kier molecular flexibility index (Phi) is 1.77. The number of benzene rings is 1. The zero-order valence-corrected chi connectivity index (χ0v) is 8.32. The summed E-state index contributed by atoms with van der Waals surface area (Å²) in [6.07, 6.45) is 0. The van der Waals surface area contributed by atoms with Gasteiger partial charge >= 0.3 is 0 Å². The van der Waals surface area contributed by atoms with E-state index in [0.717, 1.165) is 15.4 Å². The summed E-state index contributed by atoms with van der Waals surface area (Å²) in [6, 6.07) is 5.32. The van der Waals surface area contributed by atoms with Crippen LogP contribution in [0.15, 0.2) is 27.1 Å². The zero-order chi connectivity index (χ0) is 8.72. The van der Waals surface area contributed by atoms with Crippen LogP contribution < -0.4 is 5.73 Å². The van der Waals surface area contributed by atoms with Gasteiger partial charge in [-0.15, -0.1) is 0 Å². The summed E-state index contributed by atoms with van der Waals surface area (Å²) >= 11 is 9.15. The number of nitrogens with two attached hydrogens (primary N) is 1. The van der Waals surface area contributed by atoms with Crippen LogP contribution in [0.25, 0.3) is 11.0 Å². The van der Waals surface area contributed by atoms with Gasteiger partial charge in [-0.2, -0.15) is 0 Å². The van der Waals surface area contributed by atoms with Gasteiger partial charge in [-0.25, -0.2) is 0 Å². The highest BCUT2D eigenvalue weighted by atomic mass is 79.9. The average Bonchev–Trinajstić information content (AvgIpc) is 2.29. The molecular formula is C8H5BrClNO. The summed E-state index contributed by atoms with van der Waals surface area (Å²) in [7, 11) is 0. The molecule has 2 rings (SSSR count). The molecule has 1 heterocycles. The van der Waals surface area contributed by atoms with E-state index in [4.69, 9.17) is 21.8 Å². The molecule has 0 spiro atoms. The first-order valence-corrected chi connectivity index (χ1v) is 4.48. The summed E-state index contributed by atoms with van der Waals surface area (Å²) < 4.78 is 6.05. The number of hydrogen-bond acceptors (Lipinski definition) is 2. The number of nitrogen functional groups attached to an aromatic ring is 1. The lowest BCUT2D eigenvalue weighted by atomic mass is 10.2. The van der Waals surface area contributed by atoms with E-state index in [1.165, 1.54) is 0 Å². The minimum absolute atomic E-state index is 0.396. The van der Waals surface area contributed by atoms with E-state index in [9.17, 15) is 0 Å². The minimum atomic E-state index is 0.396. The van der Waals surface area contributed by atoms with Crippen LogP contribution >= 0.6 is 27.5 Å². The quantitative estimate of drug-likeness (QED) is 0.773. The van der Waals surface area contributed by atoms with Gasteiger partial charge in [0.05, 0.1) is 4.47 Å². The van der Waals surface area contributed by atoms with Gasteiger partial charge in [0.1, 0.15) is 0 Å². The first-order valence-electron chi connectivity index (χ1n) is 3.31. The van der Waals surface area contributed by atoms with Crippen LogP contribution in [0, 0.1) is 0 Å². The molecule has 0 fully saturated rings. The molecule has 0 atom stereocenters. The Morgan fingerprint density at radius 2 is 2.08 bits per heavy atom. The third-order valence-electron chi connectivity index (χ3n) is 1.55. The fourth-order valence-corrected chi connectivity index (χ4v) is 2.01. The van der Waals surface area contributed by atoms with Gasteiger partial charge in [0.25, 0.3) is 0 Å². The van der Waals surface area contributed by atoms with Gasteiger partial charge in [-0.3, -0.25) is 0 Å². The van der Waals surface area contributed by atoms with Crippen molar-refractivity contribution in [3.05, 3.63) is 27.7 Å². The highest BCUT2D eigenvalue weighted by molar-refractivity contribution is 9.10. The Bertz CT molecular complexity index is 438. The lowest BCUT2D eigenvalue weighted by Crippen LogP contribution is -1.75. The monoisotopic (exact) mass is 245 g/mol. The van der Waals surface area contributed by atoms with E-state index in [2.05, 4.69) is 15.9 Å². The van der Waals surface area contributed by atoms with Crippen LogP contribution in [0.4, 0.5) is 5.88 Å². The first-order chi connectivity index (χ1) is 5.66. The van der Waals surface area contributed by atoms with Gasteiger partial charge in [0.2, 0.25) is 0 Å². The molecule has 4 heteroatoms. The lowest BCUT2D eigenvalue weighted by molar-refractivity contribution is 0.635. The summed E-state index contributed by atoms with van der Waals surface area (Å²) in [5, 5.41) is 1.57. The topological polar surface area (TPSA) is 39.2 Å². The van der Waals surface area contributed by atoms with E-state index in [-0.39, 0.29) is 0 Å². The largest absolute Gasteiger partial charge is 0.440 e. The Balaban J connectivity index is 2.88. The Morgan fingerprint density at radius 1 is 1.33 bits per heavy atom. The van der Waals surface area contributed by atoms with Crippen molar-refractivity contribution in [2.75, 3.05) is 5.73 Å². The fourth-order valence-electron chi connectivity index (χ4n) is 1.10. The molecule has 0 bridgehead atoms. The average molecular weight is 246 g/mol. The van der Waals surface area contributed by atoms with Crippen LogP contribution in [-0.2, 0) is 0 Å². The van der Waals surface area contributed by atoms with Crippen LogP contribution in [0.5, 0.6) is 0 Å². The highest BCUT2D eigenvalue weighted by Gasteiger charge is 2.05. The number of fused-ring (bicyclic) bond motifs is 1. The van der Waals surface area contributed by atoms with Crippen molar-refractivity contribution in [3.63, 3.8) is 0 Å². The molecule has 0 saturated heterocycles. The molecular weight excluding hydrogens is 241 g/mol. The minimum Gasteiger partial charge on any atom is -0.440 e. The maximum Gasteiger partial charge on any atom is 0.191 e. The number of rotatable bonds is 0. The molecule has 0 aliphatic carbocycles. The van der Waals surface area contributed by atoms with Gasteiger partial charge in [0, 0.05) is 16.5 Å². The maximum absolute atomic E-state index is 5.82. The molecule has 0 saturated carbocycles. The van der Waals surface area contributed by atoms with Crippen molar-refractivity contribution in [2.24, 2.45) is 0 Å². The molecule has 2 aromatic rings. The van der Waals surface area contributed by atoms with E-state index in [1.807, 2.05) is 6.07 Å². The molecule has 0 unspecified atom stereocenters. The third-order valence-corrected chi connectivity index (χ3v) is 2.36. The molecule has 2 nitrogen and oxygen atoms in total. The Hall–Kier alpha value is -0.670. The van der Waals surface area contributed by atoms with Crippen LogP contribution in [0.1, 0.15) is 0 Å². The van der Waals surface area contributed by atoms with Crippen molar-refractivity contribution in [2.45, 2.75) is 0 Å². The highest BCUT2D eigenvalue weighted by Crippen LogP contribution is 2.31. The Labute approximate surface area is 82.4 Å². The summed E-state index contributed by atoms with van der Waals surface area (Å²) in [6.45, 7) is 0. The molecule has 1 aromatic heterocycles. The molecule has 0 radical (unpaired) electrons. The van der Waals surface area contributed by atoms with Crippen molar-refractivity contribution >= 4 is 44.4 Å². The molecule has 2 N–H and O–H groups in total. The van der Waals surface area contributed by atoms with Gasteiger partial charge in [-0.1, -0.05) is 11.6 Å². The van der Waals surface area contributed by atoms with Crippen LogP contribution in [-0.4, -0.2) is 0 Å². The predicted molar refractivity (Wildman–Crippen MR) is 53.3 cm³/mol. The number of hydrogen-bond donors (Lipinski definition) is 1. The molecule has 0 amide bonds. The van der Waals surface area contributed by atoms with Crippen LogP contribution in [0.2, 0.25) is 5.02 Å². The predicted octanol–water partition coefficient (Wildman–Crippen LogP) is 3.43.